The van der Waals surface area contributed by atoms with Gasteiger partial charge in [0.05, 0.1) is 18.8 Å². The maximum Gasteiger partial charge on any atom is 0.0779 e. The van der Waals surface area contributed by atoms with Crippen LogP contribution in [0.15, 0.2) is 24.3 Å². The molecule has 3 heteroatoms. The third-order valence-corrected chi connectivity index (χ3v) is 4.72. The number of benzene rings is 1. The van der Waals surface area contributed by atoms with Gasteiger partial charge in [-0.15, -0.1) is 0 Å². The lowest BCUT2D eigenvalue weighted by Crippen LogP contribution is -2.48. The summed E-state index contributed by atoms with van der Waals surface area (Å²) in [5, 5.41) is 3.46. The van der Waals surface area contributed by atoms with Crippen LogP contribution in [0.1, 0.15) is 44.7 Å². The Labute approximate surface area is 122 Å². The number of morpholine rings is 1. The zero-order valence-corrected chi connectivity index (χ0v) is 12.6. The summed E-state index contributed by atoms with van der Waals surface area (Å²) in [4.78, 5) is 2.56. The van der Waals surface area contributed by atoms with Crippen molar-refractivity contribution in [2.45, 2.75) is 51.3 Å². The van der Waals surface area contributed by atoms with Gasteiger partial charge in [0.2, 0.25) is 0 Å². The summed E-state index contributed by atoms with van der Waals surface area (Å²) in [5.74, 6) is 0. The smallest absolute Gasteiger partial charge is 0.0779 e. The van der Waals surface area contributed by atoms with E-state index in [0.717, 1.165) is 19.7 Å². The summed E-state index contributed by atoms with van der Waals surface area (Å²) in [6.07, 6.45) is 4.28. The molecule has 0 aromatic heterocycles. The molecule has 2 aliphatic rings. The lowest BCUT2D eigenvalue weighted by Gasteiger charge is -2.39. The van der Waals surface area contributed by atoms with Crippen LogP contribution in [0.5, 0.6) is 0 Å². The molecule has 1 aromatic rings. The average Bonchev–Trinajstić information content (AvgIpc) is 2.96. The zero-order chi connectivity index (χ0) is 13.9. The van der Waals surface area contributed by atoms with Crippen molar-refractivity contribution < 1.29 is 4.74 Å². The van der Waals surface area contributed by atoms with Gasteiger partial charge in [-0.05, 0) is 50.4 Å². The number of nitrogens with zero attached hydrogens (tertiary/aromatic N) is 1. The van der Waals surface area contributed by atoms with Crippen LogP contribution in [0, 0.1) is 0 Å². The van der Waals surface area contributed by atoms with Gasteiger partial charge in [0.25, 0.3) is 0 Å². The lowest BCUT2D eigenvalue weighted by atomic mass is 10.1. The van der Waals surface area contributed by atoms with Crippen molar-refractivity contribution in [3.63, 3.8) is 0 Å². The van der Waals surface area contributed by atoms with Crippen molar-refractivity contribution in [3.05, 3.63) is 29.8 Å². The first-order valence-corrected chi connectivity index (χ1v) is 8.01. The molecule has 0 bridgehead atoms. The standard InChI is InChI=1S/C17H26N2O/c1-3-18-13(2)14-7-9-15(10-8-14)19-11-12-20-17-6-4-5-16(17)19/h7-10,13,16-18H,3-6,11-12H2,1-2H3. The van der Waals surface area contributed by atoms with E-state index in [4.69, 9.17) is 4.74 Å². The number of rotatable bonds is 4. The van der Waals surface area contributed by atoms with Crippen molar-refractivity contribution in [2.24, 2.45) is 0 Å². The predicted octanol–water partition coefficient (Wildman–Crippen LogP) is 3.11. The summed E-state index contributed by atoms with van der Waals surface area (Å²) >= 11 is 0. The quantitative estimate of drug-likeness (QED) is 0.913. The first-order valence-electron chi connectivity index (χ1n) is 8.01. The molecule has 20 heavy (non-hydrogen) atoms. The topological polar surface area (TPSA) is 24.5 Å². The van der Waals surface area contributed by atoms with Gasteiger partial charge < -0.3 is 15.0 Å². The van der Waals surface area contributed by atoms with Gasteiger partial charge >= 0.3 is 0 Å². The SMILES string of the molecule is CCNC(C)c1ccc(N2CCOC3CCCC32)cc1. The Hall–Kier alpha value is -1.06. The Morgan fingerprint density at radius 2 is 2.10 bits per heavy atom. The van der Waals surface area contributed by atoms with Gasteiger partial charge in [-0.25, -0.2) is 0 Å². The monoisotopic (exact) mass is 274 g/mol. The molecule has 110 valence electrons. The normalized spacial score (nSPS) is 27.4. The maximum absolute atomic E-state index is 5.90. The van der Waals surface area contributed by atoms with Gasteiger partial charge in [-0.3, -0.25) is 0 Å². The molecule has 3 atom stereocenters. The first-order chi connectivity index (χ1) is 9.79. The number of hydrogen-bond acceptors (Lipinski definition) is 3. The van der Waals surface area contributed by atoms with Crippen LogP contribution in [0.25, 0.3) is 0 Å². The predicted molar refractivity (Wildman–Crippen MR) is 83.3 cm³/mol. The molecule has 0 amide bonds. The number of anilines is 1. The van der Waals surface area contributed by atoms with Crippen LogP contribution in [-0.4, -0.2) is 31.8 Å². The first kappa shape index (κ1) is 13.9. The van der Waals surface area contributed by atoms with Crippen molar-refractivity contribution in [2.75, 3.05) is 24.6 Å². The molecule has 3 unspecified atom stereocenters. The molecular formula is C17H26N2O. The Balaban J connectivity index is 1.73. The molecule has 1 aromatic carbocycles. The molecule has 1 aliphatic heterocycles. The van der Waals surface area contributed by atoms with Crippen LogP contribution in [0.4, 0.5) is 5.69 Å². The Morgan fingerprint density at radius 3 is 2.85 bits per heavy atom. The highest BCUT2D eigenvalue weighted by Gasteiger charge is 2.36. The third-order valence-electron chi connectivity index (χ3n) is 4.72. The van der Waals surface area contributed by atoms with E-state index in [1.807, 2.05) is 0 Å². The van der Waals surface area contributed by atoms with Gasteiger partial charge in [0, 0.05) is 18.3 Å². The molecule has 1 aliphatic carbocycles. The van der Waals surface area contributed by atoms with Crippen molar-refractivity contribution in [3.8, 4) is 0 Å². The second-order valence-corrected chi connectivity index (χ2v) is 5.97. The molecule has 1 heterocycles. The summed E-state index contributed by atoms with van der Waals surface area (Å²) < 4.78 is 5.90. The van der Waals surface area contributed by atoms with Crippen molar-refractivity contribution in [1.29, 1.82) is 0 Å². The lowest BCUT2D eigenvalue weighted by molar-refractivity contribution is 0.0256. The van der Waals surface area contributed by atoms with Gasteiger partial charge in [0.1, 0.15) is 0 Å². The second kappa shape index (κ2) is 6.15. The highest BCUT2D eigenvalue weighted by Crippen LogP contribution is 2.33. The van der Waals surface area contributed by atoms with Gasteiger partial charge in [-0.2, -0.15) is 0 Å². The molecule has 0 spiro atoms. The third kappa shape index (κ3) is 2.70. The van der Waals surface area contributed by atoms with Crippen LogP contribution in [0.3, 0.4) is 0 Å². The highest BCUT2D eigenvalue weighted by atomic mass is 16.5. The van der Waals surface area contributed by atoms with E-state index in [-0.39, 0.29) is 0 Å². The van der Waals surface area contributed by atoms with E-state index in [2.05, 4.69) is 48.3 Å². The Bertz CT molecular complexity index is 431. The Kier molecular flexibility index (Phi) is 4.27. The van der Waals surface area contributed by atoms with Crippen LogP contribution in [0.2, 0.25) is 0 Å². The van der Waals surface area contributed by atoms with E-state index in [1.54, 1.807) is 0 Å². The van der Waals surface area contributed by atoms with Crippen LogP contribution >= 0.6 is 0 Å². The fourth-order valence-electron chi connectivity index (χ4n) is 3.62. The van der Waals surface area contributed by atoms with Crippen LogP contribution in [-0.2, 0) is 4.74 Å². The van der Waals surface area contributed by atoms with E-state index in [0.29, 0.717) is 18.2 Å². The Morgan fingerprint density at radius 1 is 1.30 bits per heavy atom. The summed E-state index contributed by atoms with van der Waals surface area (Å²) in [6.45, 7) is 7.29. The summed E-state index contributed by atoms with van der Waals surface area (Å²) in [7, 11) is 0. The molecule has 1 saturated carbocycles. The molecule has 3 rings (SSSR count). The fourth-order valence-corrected chi connectivity index (χ4v) is 3.62. The minimum atomic E-state index is 0.429. The molecule has 3 nitrogen and oxygen atoms in total. The number of nitrogens with one attached hydrogen (secondary N) is 1. The number of hydrogen-bond donors (Lipinski definition) is 1. The molecule has 1 saturated heterocycles. The fraction of sp³-hybridized carbons (Fsp3) is 0.647. The molecule has 2 fully saturated rings. The van der Waals surface area contributed by atoms with E-state index in [1.165, 1.54) is 30.5 Å². The molecular weight excluding hydrogens is 248 g/mol. The van der Waals surface area contributed by atoms with Crippen molar-refractivity contribution >= 4 is 5.69 Å². The second-order valence-electron chi connectivity index (χ2n) is 5.97. The zero-order valence-electron chi connectivity index (χ0n) is 12.6. The number of fused-ring (bicyclic) bond motifs is 1. The summed E-state index contributed by atoms with van der Waals surface area (Å²) in [5.41, 5.74) is 2.73. The van der Waals surface area contributed by atoms with Crippen LogP contribution < -0.4 is 10.2 Å². The van der Waals surface area contributed by atoms with Gasteiger partial charge in [-0.1, -0.05) is 19.1 Å². The number of ether oxygens (including phenoxy) is 1. The van der Waals surface area contributed by atoms with Gasteiger partial charge in [0.15, 0.2) is 0 Å². The van der Waals surface area contributed by atoms with E-state index >= 15 is 0 Å². The largest absolute Gasteiger partial charge is 0.374 e. The average molecular weight is 274 g/mol. The highest BCUT2D eigenvalue weighted by molar-refractivity contribution is 5.50. The summed E-state index contributed by atoms with van der Waals surface area (Å²) in [6, 6.07) is 10.1. The molecule has 1 N–H and O–H groups in total. The maximum atomic E-state index is 5.90. The van der Waals surface area contributed by atoms with E-state index in [9.17, 15) is 0 Å². The van der Waals surface area contributed by atoms with Crippen molar-refractivity contribution in [1.82, 2.24) is 5.32 Å². The minimum absolute atomic E-state index is 0.429. The van der Waals surface area contributed by atoms with E-state index < -0.39 is 0 Å². The molecule has 0 radical (unpaired) electrons. The minimum Gasteiger partial charge on any atom is -0.374 e.